The quantitative estimate of drug-likeness (QED) is 0.635. The van der Waals surface area contributed by atoms with E-state index >= 15 is 0 Å². The van der Waals surface area contributed by atoms with Crippen molar-refractivity contribution in [3.63, 3.8) is 0 Å². The Kier molecular flexibility index (Phi) is 5.82. The molecular formula is C12H18ClN3O3. The number of carbonyl (C=O) groups excluding carboxylic acids is 1. The lowest BCUT2D eigenvalue weighted by Gasteiger charge is -2.09. The molecule has 0 fully saturated rings. The van der Waals surface area contributed by atoms with Gasteiger partial charge in [0.2, 0.25) is 0 Å². The maximum absolute atomic E-state index is 11.5. The minimum Gasteiger partial charge on any atom is -0.463 e. The van der Waals surface area contributed by atoms with Gasteiger partial charge in [-0.2, -0.15) is 5.10 Å². The summed E-state index contributed by atoms with van der Waals surface area (Å²) in [5, 5.41) is 6.93. The van der Waals surface area contributed by atoms with Gasteiger partial charge in [-0.15, -0.1) is 0 Å². The highest BCUT2D eigenvalue weighted by molar-refractivity contribution is 6.32. The molecule has 19 heavy (non-hydrogen) atoms. The highest BCUT2D eigenvalue weighted by atomic mass is 35.5. The topological polar surface area (TPSA) is 73.2 Å². The van der Waals surface area contributed by atoms with Crippen molar-refractivity contribution >= 4 is 23.3 Å². The Morgan fingerprint density at radius 2 is 2.26 bits per heavy atom. The van der Waals surface area contributed by atoms with E-state index in [0.29, 0.717) is 25.1 Å². The standard InChI is InChI=1S/C12H18ClN3O3/c1-8(2)19-10(17)5-4-6-14-9-7-15-16(3)12(18)11(9)13/h7-8,14H,4-6H2,1-3H3. The maximum atomic E-state index is 11.5. The molecule has 0 atom stereocenters. The lowest BCUT2D eigenvalue weighted by atomic mass is 10.3. The van der Waals surface area contributed by atoms with Crippen LogP contribution in [-0.4, -0.2) is 28.4 Å². The van der Waals surface area contributed by atoms with E-state index in [-0.39, 0.29) is 22.7 Å². The van der Waals surface area contributed by atoms with Crippen LogP contribution in [-0.2, 0) is 16.6 Å². The highest BCUT2D eigenvalue weighted by Gasteiger charge is 2.08. The van der Waals surface area contributed by atoms with Crippen LogP contribution in [0.4, 0.5) is 5.69 Å². The molecule has 106 valence electrons. The molecule has 0 amide bonds. The molecule has 0 unspecified atom stereocenters. The van der Waals surface area contributed by atoms with Gasteiger partial charge in [0.05, 0.1) is 18.0 Å². The van der Waals surface area contributed by atoms with Gasteiger partial charge in [0.1, 0.15) is 5.02 Å². The van der Waals surface area contributed by atoms with Crippen LogP contribution in [0, 0.1) is 0 Å². The molecule has 0 aliphatic carbocycles. The second-order valence-electron chi connectivity index (χ2n) is 4.37. The summed E-state index contributed by atoms with van der Waals surface area (Å²) in [4.78, 5) is 22.8. The second-order valence-corrected chi connectivity index (χ2v) is 4.75. The van der Waals surface area contributed by atoms with Crippen molar-refractivity contribution in [2.45, 2.75) is 32.8 Å². The molecule has 0 aromatic carbocycles. The molecule has 1 aromatic heterocycles. The fourth-order valence-electron chi connectivity index (χ4n) is 1.41. The summed E-state index contributed by atoms with van der Waals surface area (Å²) in [6, 6.07) is 0. The van der Waals surface area contributed by atoms with Gasteiger partial charge in [0.15, 0.2) is 0 Å². The van der Waals surface area contributed by atoms with Crippen molar-refractivity contribution in [2.24, 2.45) is 7.05 Å². The van der Waals surface area contributed by atoms with Gasteiger partial charge in [0.25, 0.3) is 5.56 Å². The molecule has 7 heteroatoms. The number of halogens is 1. The molecule has 0 saturated carbocycles. The van der Waals surface area contributed by atoms with Crippen molar-refractivity contribution < 1.29 is 9.53 Å². The van der Waals surface area contributed by atoms with E-state index in [2.05, 4.69) is 10.4 Å². The Morgan fingerprint density at radius 1 is 1.58 bits per heavy atom. The molecule has 0 bridgehead atoms. The molecule has 0 radical (unpaired) electrons. The van der Waals surface area contributed by atoms with Crippen LogP contribution in [0.2, 0.25) is 5.02 Å². The van der Waals surface area contributed by atoms with E-state index < -0.39 is 0 Å². The molecule has 0 saturated heterocycles. The maximum Gasteiger partial charge on any atom is 0.306 e. The first-order valence-corrected chi connectivity index (χ1v) is 6.44. The Morgan fingerprint density at radius 3 is 2.89 bits per heavy atom. The van der Waals surface area contributed by atoms with Crippen LogP contribution in [0.15, 0.2) is 11.0 Å². The molecule has 0 spiro atoms. The van der Waals surface area contributed by atoms with Gasteiger partial charge in [-0.1, -0.05) is 11.6 Å². The van der Waals surface area contributed by atoms with Crippen molar-refractivity contribution in [3.8, 4) is 0 Å². The van der Waals surface area contributed by atoms with Crippen molar-refractivity contribution in [1.82, 2.24) is 9.78 Å². The molecule has 1 N–H and O–H groups in total. The zero-order valence-electron chi connectivity index (χ0n) is 11.3. The minimum atomic E-state index is -0.356. The van der Waals surface area contributed by atoms with Crippen molar-refractivity contribution in [3.05, 3.63) is 21.6 Å². The number of esters is 1. The largest absolute Gasteiger partial charge is 0.463 e. The van der Waals surface area contributed by atoms with Crippen LogP contribution in [0.3, 0.4) is 0 Å². The number of aromatic nitrogens is 2. The summed E-state index contributed by atoms with van der Waals surface area (Å²) >= 11 is 5.88. The predicted molar refractivity (Wildman–Crippen MR) is 73.4 cm³/mol. The first-order valence-electron chi connectivity index (χ1n) is 6.07. The fourth-order valence-corrected chi connectivity index (χ4v) is 1.65. The normalized spacial score (nSPS) is 10.6. The molecule has 0 aliphatic rings. The Hall–Kier alpha value is -1.56. The SMILES string of the molecule is CC(C)OC(=O)CCCNc1cnn(C)c(=O)c1Cl. The first-order chi connectivity index (χ1) is 8.91. The minimum absolute atomic E-state index is 0.0993. The Labute approximate surface area is 116 Å². The molecule has 1 aromatic rings. The number of anilines is 1. The third-order valence-corrected chi connectivity index (χ3v) is 2.68. The average Bonchev–Trinajstić information content (AvgIpc) is 2.33. The van der Waals surface area contributed by atoms with Crippen LogP contribution in [0.25, 0.3) is 0 Å². The van der Waals surface area contributed by atoms with Gasteiger partial charge in [-0.05, 0) is 20.3 Å². The molecule has 1 heterocycles. The lowest BCUT2D eigenvalue weighted by molar-refractivity contribution is -0.147. The third kappa shape index (κ3) is 4.90. The summed E-state index contributed by atoms with van der Waals surface area (Å²) in [5.74, 6) is -0.231. The smallest absolute Gasteiger partial charge is 0.306 e. The number of rotatable bonds is 6. The van der Waals surface area contributed by atoms with Crippen LogP contribution >= 0.6 is 11.6 Å². The van der Waals surface area contributed by atoms with Crippen molar-refractivity contribution in [1.29, 1.82) is 0 Å². The van der Waals surface area contributed by atoms with E-state index in [4.69, 9.17) is 16.3 Å². The Bertz CT molecular complexity index is 499. The summed E-state index contributed by atoms with van der Waals surface area (Å²) < 4.78 is 6.16. The third-order valence-electron chi connectivity index (χ3n) is 2.32. The Balaban J connectivity index is 2.40. The molecule has 6 nitrogen and oxygen atoms in total. The molecule has 0 aliphatic heterocycles. The van der Waals surface area contributed by atoms with Gasteiger partial charge < -0.3 is 10.1 Å². The average molecular weight is 288 g/mol. The van der Waals surface area contributed by atoms with Gasteiger partial charge in [0, 0.05) is 20.0 Å². The van der Waals surface area contributed by atoms with E-state index in [0.717, 1.165) is 4.68 Å². The number of hydrogen-bond donors (Lipinski definition) is 1. The van der Waals surface area contributed by atoms with E-state index in [9.17, 15) is 9.59 Å². The summed E-state index contributed by atoms with van der Waals surface area (Å²) in [6.45, 7) is 4.13. The van der Waals surface area contributed by atoms with E-state index in [1.165, 1.54) is 13.2 Å². The zero-order valence-corrected chi connectivity index (χ0v) is 12.0. The number of aryl methyl sites for hydroxylation is 1. The summed E-state index contributed by atoms with van der Waals surface area (Å²) in [5.41, 5.74) is 0.118. The van der Waals surface area contributed by atoms with E-state index in [1.807, 2.05) is 0 Å². The van der Waals surface area contributed by atoms with Crippen LogP contribution in [0.1, 0.15) is 26.7 Å². The summed E-state index contributed by atoms with van der Waals surface area (Å²) in [6.07, 6.45) is 2.30. The van der Waals surface area contributed by atoms with Gasteiger partial charge >= 0.3 is 5.97 Å². The number of hydrogen-bond acceptors (Lipinski definition) is 5. The fraction of sp³-hybridized carbons (Fsp3) is 0.583. The molecular weight excluding hydrogens is 270 g/mol. The van der Waals surface area contributed by atoms with Crippen LogP contribution in [0.5, 0.6) is 0 Å². The first kappa shape index (κ1) is 15.5. The van der Waals surface area contributed by atoms with Gasteiger partial charge in [-0.3, -0.25) is 9.59 Å². The monoisotopic (exact) mass is 287 g/mol. The number of carbonyl (C=O) groups is 1. The zero-order chi connectivity index (χ0) is 14.4. The van der Waals surface area contributed by atoms with Crippen molar-refractivity contribution in [2.75, 3.05) is 11.9 Å². The van der Waals surface area contributed by atoms with E-state index in [1.54, 1.807) is 13.8 Å². The highest BCUT2D eigenvalue weighted by Crippen LogP contribution is 2.14. The predicted octanol–water partition coefficient (Wildman–Crippen LogP) is 1.58. The van der Waals surface area contributed by atoms with Gasteiger partial charge in [-0.25, -0.2) is 4.68 Å². The molecule has 1 rings (SSSR count). The second kappa shape index (κ2) is 7.13. The summed E-state index contributed by atoms with van der Waals surface area (Å²) in [7, 11) is 1.53. The lowest BCUT2D eigenvalue weighted by Crippen LogP contribution is -2.21. The van der Waals surface area contributed by atoms with Crippen LogP contribution < -0.4 is 10.9 Å². The number of nitrogens with one attached hydrogen (secondary N) is 1. The number of ether oxygens (including phenoxy) is 1. The number of nitrogens with zero attached hydrogens (tertiary/aromatic N) is 2.